The van der Waals surface area contributed by atoms with Gasteiger partial charge in [0, 0.05) is 26.1 Å². The SMILES string of the molecule is COC(=O)c1ccc(CNC(=O)CCc2ccc(S(=O)(=O)N3CCCCCC3)cc2)cc1. The van der Waals surface area contributed by atoms with Gasteiger partial charge in [-0.15, -0.1) is 0 Å². The van der Waals surface area contributed by atoms with E-state index in [1.165, 1.54) is 7.11 Å². The Morgan fingerprint density at radius 2 is 1.50 bits per heavy atom. The van der Waals surface area contributed by atoms with Crippen molar-refractivity contribution in [2.45, 2.75) is 50.0 Å². The molecule has 7 nitrogen and oxygen atoms in total. The van der Waals surface area contributed by atoms with Crippen molar-refractivity contribution in [2.75, 3.05) is 20.2 Å². The van der Waals surface area contributed by atoms with Crippen molar-refractivity contribution >= 4 is 21.9 Å². The minimum absolute atomic E-state index is 0.0942. The van der Waals surface area contributed by atoms with E-state index in [9.17, 15) is 18.0 Å². The molecule has 0 saturated carbocycles. The lowest BCUT2D eigenvalue weighted by molar-refractivity contribution is -0.121. The molecule has 1 fully saturated rings. The summed E-state index contributed by atoms with van der Waals surface area (Å²) in [5, 5.41) is 2.86. The molecule has 1 aliphatic heterocycles. The molecule has 1 aliphatic rings. The molecule has 1 heterocycles. The molecule has 2 aromatic carbocycles. The fourth-order valence-corrected chi connectivity index (χ4v) is 5.20. The molecule has 0 spiro atoms. The number of rotatable bonds is 8. The number of carbonyl (C=O) groups is 2. The number of esters is 1. The van der Waals surface area contributed by atoms with Crippen LogP contribution in [0.15, 0.2) is 53.4 Å². The van der Waals surface area contributed by atoms with Gasteiger partial charge in [0.05, 0.1) is 17.6 Å². The van der Waals surface area contributed by atoms with E-state index in [1.807, 2.05) is 0 Å². The zero-order chi connectivity index (χ0) is 23.0. The van der Waals surface area contributed by atoms with Crippen molar-refractivity contribution in [3.63, 3.8) is 0 Å². The number of hydrogen-bond donors (Lipinski definition) is 1. The summed E-state index contributed by atoms with van der Waals surface area (Å²) in [5.74, 6) is -0.492. The molecule has 3 rings (SSSR count). The second kappa shape index (κ2) is 11.2. The van der Waals surface area contributed by atoms with Gasteiger partial charge in [-0.2, -0.15) is 4.31 Å². The first kappa shape index (κ1) is 23.9. The van der Waals surface area contributed by atoms with Crippen LogP contribution < -0.4 is 5.32 Å². The highest BCUT2D eigenvalue weighted by atomic mass is 32.2. The van der Waals surface area contributed by atoms with Crippen molar-refractivity contribution in [3.05, 3.63) is 65.2 Å². The summed E-state index contributed by atoms with van der Waals surface area (Å²) in [5.41, 5.74) is 2.26. The summed E-state index contributed by atoms with van der Waals surface area (Å²) in [7, 11) is -2.13. The molecule has 2 aromatic rings. The zero-order valence-corrected chi connectivity index (χ0v) is 19.2. The van der Waals surface area contributed by atoms with Crippen molar-refractivity contribution < 1.29 is 22.7 Å². The number of amides is 1. The molecule has 0 aliphatic carbocycles. The fraction of sp³-hybridized carbons (Fsp3) is 0.417. The topological polar surface area (TPSA) is 92.8 Å². The van der Waals surface area contributed by atoms with Gasteiger partial charge in [0.15, 0.2) is 0 Å². The van der Waals surface area contributed by atoms with Gasteiger partial charge in [-0.25, -0.2) is 13.2 Å². The van der Waals surface area contributed by atoms with Gasteiger partial charge in [-0.1, -0.05) is 37.1 Å². The third-order valence-corrected chi connectivity index (χ3v) is 7.54. The predicted molar refractivity (Wildman–Crippen MR) is 122 cm³/mol. The van der Waals surface area contributed by atoms with Crippen LogP contribution in [0.4, 0.5) is 0 Å². The lowest BCUT2D eigenvalue weighted by Gasteiger charge is -2.20. The number of nitrogens with zero attached hydrogens (tertiary/aromatic N) is 1. The number of methoxy groups -OCH3 is 1. The number of nitrogens with one attached hydrogen (secondary N) is 1. The van der Waals surface area contributed by atoms with Crippen LogP contribution in [-0.2, 0) is 32.5 Å². The average Bonchev–Trinajstić information content (AvgIpc) is 3.12. The summed E-state index contributed by atoms with van der Waals surface area (Å²) in [4.78, 5) is 24.0. The van der Waals surface area contributed by atoms with Crippen LogP contribution >= 0.6 is 0 Å². The molecule has 1 amide bonds. The molecule has 0 bridgehead atoms. The first-order valence-corrected chi connectivity index (χ1v) is 12.4. The van der Waals surface area contributed by atoms with E-state index in [2.05, 4.69) is 10.1 Å². The fourth-order valence-electron chi connectivity index (χ4n) is 3.68. The molecule has 32 heavy (non-hydrogen) atoms. The third kappa shape index (κ3) is 6.40. The van der Waals surface area contributed by atoms with Crippen LogP contribution in [0.3, 0.4) is 0 Å². The third-order valence-electron chi connectivity index (χ3n) is 5.63. The molecule has 0 radical (unpaired) electrons. The second-order valence-electron chi connectivity index (χ2n) is 7.93. The molecule has 0 aromatic heterocycles. The van der Waals surface area contributed by atoms with E-state index >= 15 is 0 Å². The molecule has 172 valence electrons. The van der Waals surface area contributed by atoms with Crippen molar-refractivity contribution in [1.82, 2.24) is 9.62 Å². The van der Waals surface area contributed by atoms with E-state index in [0.29, 0.717) is 42.9 Å². The van der Waals surface area contributed by atoms with Crippen LogP contribution in [0, 0.1) is 0 Å². The van der Waals surface area contributed by atoms with E-state index in [-0.39, 0.29) is 5.91 Å². The van der Waals surface area contributed by atoms with Crippen LogP contribution in [-0.4, -0.2) is 44.8 Å². The zero-order valence-electron chi connectivity index (χ0n) is 18.4. The molecule has 0 unspecified atom stereocenters. The molecular weight excluding hydrogens is 428 g/mol. The van der Waals surface area contributed by atoms with Gasteiger partial charge in [-0.05, 0) is 54.7 Å². The quantitative estimate of drug-likeness (QED) is 0.613. The summed E-state index contributed by atoms with van der Waals surface area (Å²) in [6.45, 7) is 1.53. The second-order valence-corrected chi connectivity index (χ2v) is 9.87. The maximum absolute atomic E-state index is 12.8. The molecular formula is C24H30N2O5S. The minimum Gasteiger partial charge on any atom is -0.465 e. The van der Waals surface area contributed by atoms with Crippen LogP contribution in [0.5, 0.6) is 0 Å². The Morgan fingerprint density at radius 1 is 0.906 bits per heavy atom. The molecule has 0 atom stereocenters. The summed E-state index contributed by atoms with van der Waals surface area (Å²) in [6.07, 6.45) is 4.79. The largest absolute Gasteiger partial charge is 0.465 e. The lowest BCUT2D eigenvalue weighted by Crippen LogP contribution is -2.31. The maximum Gasteiger partial charge on any atom is 0.337 e. The Hall–Kier alpha value is -2.71. The normalized spacial score (nSPS) is 15.0. The van der Waals surface area contributed by atoms with E-state index in [0.717, 1.165) is 36.8 Å². The monoisotopic (exact) mass is 458 g/mol. The van der Waals surface area contributed by atoms with Gasteiger partial charge in [-0.3, -0.25) is 4.79 Å². The first-order chi connectivity index (χ1) is 15.4. The number of ether oxygens (including phenoxy) is 1. The van der Waals surface area contributed by atoms with Crippen molar-refractivity contribution in [3.8, 4) is 0 Å². The summed E-state index contributed by atoms with van der Waals surface area (Å²) >= 11 is 0. The van der Waals surface area contributed by atoms with E-state index in [1.54, 1.807) is 52.8 Å². The highest BCUT2D eigenvalue weighted by Crippen LogP contribution is 2.21. The molecule has 1 saturated heterocycles. The summed E-state index contributed by atoms with van der Waals surface area (Å²) < 4.78 is 31.9. The van der Waals surface area contributed by atoms with Gasteiger partial charge in [0.25, 0.3) is 0 Å². The Bertz CT molecular complexity index is 1010. The van der Waals surface area contributed by atoms with E-state index < -0.39 is 16.0 Å². The van der Waals surface area contributed by atoms with Gasteiger partial charge >= 0.3 is 5.97 Å². The Labute approximate surface area is 189 Å². The highest BCUT2D eigenvalue weighted by Gasteiger charge is 2.24. The number of carbonyl (C=O) groups excluding carboxylic acids is 2. The highest BCUT2D eigenvalue weighted by molar-refractivity contribution is 7.89. The van der Waals surface area contributed by atoms with Crippen LogP contribution in [0.25, 0.3) is 0 Å². The predicted octanol–water partition coefficient (Wildman–Crippen LogP) is 3.29. The molecule has 8 heteroatoms. The van der Waals surface area contributed by atoms with Crippen molar-refractivity contribution in [1.29, 1.82) is 0 Å². The number of sulfonamides is 1. The minimum atomic E-state index is -3.46. The number of benzene rings is 2. The van der Waals surface area contributed by atoms with E-state index in [4.69, 9.17) is 0 Å². The van der Waals surface area contributed by atoms with Gasteiger partial charge in [0.2, 0.25) is 15.9 Å². The van der Waals surface area contributed by atoms with Gasteiger partial charge < -0.3 is 10.1 Å². The smallest absolute Gasteiger partial charge is 0.337 e. The summed E-state index contributed by atoms with van der Waals surface area (Å²) in [6, 6.07) is 13.7. The standard InChI is InChI=1S/C24H30N2O5S/c1-31-24(28)21-11-6-20(7-12-21)18-25-23(27)15-10-19-8-13-22(14-9-19)32(29,30)26-16-4-2-3-5-17-26/h6-9,11-14H,2-5,10,15-18H2,1H3,(H,25,27). The Balaban J connectivity index is 1.48. The Morgan fingerprint density at radius 3 is 2.09 bits per heavy atom. The lowest BCUT2D eigenvalue weighted by atomic mass is 10.1. The average molecular weight is 459 g/mol. The first-order valence-electron chi connectivity index (χ1n) is 10.9. The van der Waals surface area contributed by atoms with Crippen LogP contribution in [0.1, 0.15) is 53.6 Å². The number of aryl methyl sites for hydroxylation is 1. The van der Waals surface area contributed by atoms with Gasteiger partial charge in [0.1, 0.15) is 0 Å². The Kier molecular flexibility index (Phi) is 8.41. The van der Waals surface area contributed by atoms with Crippen molar-refractivity contribution in [2.24, 2.45) is 0 Å². The molecule has 1 N–H and O–H groups in total. The number of hydrogen-bond acceptors (Lipinski definition) is 5. The van der Waals surface area contributed by atoms with Crippen LogP contribution in [0.2, 0.25) is 0 Å². The maximum atomic E-state index is 12.8.